The molecule has 0 fully saturated rings. The molecule has 0 spiro atoms. The van der Waals surface area contributed by atoms with E-state index in [4.69, 9.17) is 4.74 Å². The summed E-state index contributed by atoms with van der Waals surface area (Å²) in [5, 5.41) is 0. The SMILES string of the molecule is COC(C)(C)c1c[c]ccc1. The van der Waals surface area contributed by atoms with Crippen LogP contribution in [-0.2, 0) is 10.3 Å². The Morgan fingerprint density at radius 1 is 1.45 bits per heavy atom. The minimum absolute atomic E-state index is 0.197. The molecule has 0 bridgehead atoms. The van der Waals surface area contributed by atoms with Gasteiger partial charge in [-0.05, 0) is 31.5 Å². The summed E-state index contributed by atoms with van der Waals surface area (Å²) in [6.07, 6.45) is 0. The predicted octanol–water partition coefficient (Wildman–Crippen LogP) is 2.37. The van der Waals surface area contributed by atoms with E-state index in [0.29, 0.717) is 0 Å². The van der Waals surface area contributed by atoms with Crippen LogP contribution in [0.25, 0.3) is 0 Å². The van der Waals surface area contributed by atoms with Crippen molar-refractivity contribution >= 4 is 0 Å². The van der Waals surface area contributed by atoms with Crippen molar-refractivity contribution in [2.75, 3.05) is 7.11 Å². The first kappa shape index (κ1) is 8.28. The lowest BCUT2D eigenvalue weighted by Gasteiger charge is -2.22. The fourth-order valence-electron chi connectivity index (χ4n) is 0.886. The van der Waals surface area contributed by atoms with Crippen molar-refractivity contribution < 1.29 is 4.74 Å². The minimum Gasteiger partial charge on any atom is -0.374 e. The molecule has 1 radical (unpaired) electrons. The number of hydrogen-bond donors (Lipinski definition) is 0. The molecule has 1 nitrogen and oxygen atoms in total. The van der Waals surface area contributed by atoms with Gasteiger partial charge >= 0.3 is 0 Å². The van der Waals surface area contributed by atoms with Crippen molar-refractivity contribution in [1.82, 2.24) is 0 Å². The lowest BCUT2D eigenvalue weighted by molar-refractivity contribution is 0.0192. The predicted molar refractivity (Wildman–Crippen MR) is 45.3 cm³/mol. The summed E-state index contributed by atoms with van der Waals surface area (Å²) in [4.78, 5) is 0. The highest BCUT2D eigenvalue weighted by Crippen LogP contribution is 2.22. The first-order chi connectivity index (χ1) is 5.17. The van der Waals surface area contributed by atoms with Gasteiger partial charge in [0.25, 0.3) is 0 Å². The van der Waals surface area contributed by atoms with E-state index in [-0.39, 0.29) is 5.60 Å². The lowest BCUT2D eigenvalue weighted by atomic mass is 9.98. The molecule has 0 aliphatic heterocycles. The van der Waals surface area contributed by atoms with E-state index < -0.39 is 0 Å². The zero-order valence-corrected chi connectivity index (χ0v) is 7.22. The van der Waals surface area contributed by atoms with Gasteiger partial charge in [-0.1, -0.05) is 18.2 Å². The largest absolute Gasteiger partial charge is 0.374 e. The van der Waals surface area contributed by atoms with E-state index in [9.17, 15) is 0 Å². The monoisotopic (exact) mass is 149 g/mol. The summed E-state index contributed by atoms with van der Waals surface area (Å²) in [5.41, 5.74) is 0.958. The standard InChI is InChI=1S/C10H13O/c1-10(2,11-3)9-7-5-4-6-8-9/h4-5,7-8H,1-3H3. The number of ether oxygens (including phenoxy) is 1. The lowest BCUT2D eigenvalue weighted by Crippen LogP contribution is -2.18. The third-order valence-corrected chi connectivity index (χ3v) is 1.91. The van der Waals surface area contributed by atoms with E-state index in [1.54, 1.807) is 7.11 Å². The fourth-order valence-corrected chi connectivity index (χ4v) is 0.886. The third kappa shape index (κ3) is 1.81. The zero-order valence-electron chi connectivity index (χ0n) is 7.22. The molecule has 0 aliphatic carbocycles. The second-order valence-electron chi connectivity index (χ2n) is 3.01. The topological polar surface area (TPSA) is 9.23 Å². The molecule has 0 amide bonds. The summed E-state index contributed by atoms with van der Waals surface area (Å²) in [7, 11) is 1.72. The summed E-state index contributed by atoms with van der Waals surface area (Å²) >= 11 is 0. The van der Waals surface area contributed by atoms with Crippen LogP contribution in [0.15, 0.2) is 24.3 Å². The second-order valence-corrected chi connectivity index (χ2v) is 3.01. The molecule has 0 atom stereocenters. The van der Waals surface area contributed by atoms with Crippen LogP contribution in [0.1, 0.15) is 19.4 Å². The average molecular weight is 149 g/mol. The van der Waals surface area contributed by atoms with Crippen molar-refractivity contribution in [3.05, 3.63) is 35.9 Å². The normalized spacial score (nSPS) is 11.5. The maximum absolute atomic E-state index is 5.30. The highest BCUT2D eigenvalue weighted by molar-refractivity contribution is 5.19. The van der Waals surface area contributed by atoms with Gasteiger partial charge in [-0.2, -0.15) is 0 Å². The molecule has 0 heterocycles. The van der Waals surface area contributed by atoms with Crippen LogP contribution < -0.4 is 0 Å². The molecule has 0 saturated carbocycles. The van der Waals surface area contributed by atoms with Gasteiger partial charge in [-0.15, -0.1) is 0 Å². The smallest absolute Gasteiger partial charge is 0.0871 e. The second kappa shape index (κ2) is 3.05. The summed E-state index contributed by atoms with van der Waals surface area (Å²) in [6, 6.07) is 10.9. The molecule has 1 rings (SSSR count). The molecule has 0 aromatic heterocycles. The van der Waals surface area contributed by atoms with E-state index >= 15 is 0 Å². The van der Waals surface area contributed by atoms with E-state index in [1.807, 2.05) is 38.1 Å². The Balaban J connectivity index is 2.93. The van der Waals surface area contributed by atoms with E-state index in [0.717, 1.165) is 5.56 Å². The third-order valence-electron chi connectivity index (χ3n) is 1.91. The maximum Gasteiger partial charge on any atom is 0.0871 e. The van der Waals surface area contributed by atoms with Gasteiger partial charge in [-0.3, -0.25) is 0 Å². The van der Waals surface area contributed by atoms with Crippen LogP contribution in [0.4, 0.5) is 0 Å². The summed E-state index contributed by atoms with van der Waals surface area (Å²) in [6.45, 7) is 4.08. The van der Waals surface area contributed by atoms with Crippen molar-refractivity contribution in [3.8, 4) is 0 Å². The van der Waals surface area contributed by atoms with E-state index in [1.165, 1.54) is 0 Å². The van der Waals surface area contributed by atoms with Crippen molar-refractivity contribution in [2.45, 2.75) is 19.4 Å². The zero-order chi connectivity index (χ0) is 8.32. The molecular formula is C10H13O. The highest BCUT2D eigenvalue weighted by Gasteiger charge is 2.17. The van der Waals surface area contributed by atoms with Crippen LogP contribution in [0.2, 0.25) is 0 Å². The van der Waals surface area contributed by atoms with Gasteiger partial charge in [0, 0.05) is 7.11 Å². The van der Waals surface area contributed by atoms with Gasteiger partial charge in [0.15, 0.2) is 0 Å². The molecule has 1 aromatic rings. The first-order valence-electron chi connectivity index (χ1n) is 3.68. The van der Waals surface area contributed by atoms with E-state index in [2.05, 4.69) is 6.07 Å². The minimum atomic E-state index is -0.197. The van der Waals surface area contributed by atoms with Gasteiger partial charge in [0.2, 0.25) is 0 Å². The summed E-state index contributed by atoms with van der Waals surface area (Å²) in [5.74, 6) is 0. The van der Waals surface area contributed by atoms with Crippen LogP contribution in [0.3, 0.4) is 0 Å². The molecule has 0 unspecified atom stereocenters. The van der Waals surface area contributed by atoms with Gasteiger partial charge in [-0.25, -0.2) is 0 Å². The Kier molecular flexibility index (Phi) is 2.30. The van der Waals surface area contributed by atoms with Crippen LogP contribution in [0, 0.1) is 6.07 Å². The Bertz CT molecular complexity index is 214. The van der Waals surface area contributed by atoms with Crippen molar-refractivity contribution in [2.24, 2.45) is 0 Å². The Morgan fingerprint density at radius 3 is 2.64 bits per heavy atom. The quantitative estimate of drug-likeness (QED) is 0.627. The number of methoxy groups -OCH3 is 1. The molecule has 1 heteroatoms. The molecule has 0 aliphatic rings. The van der Waals surface area contributed by atoms with Gasteiger partial charge < -0.3 is 4.74 Å². The molecular weight excluding hydrogens is 136 g/mol. The fraction of sp³-hybridized carbons (Fsp3) is 0.400. The molecule has 0 N–H and O–H groups in total. The van der Waals surface area contributed by atoms with Crippen LogP contribution in [-0.4, -0.2) is 7.11 Å². The Labute approximate surface area is 68.0 Å². The number of rotatable bonds is 2. The van der Waals surface area contributed by atoms with Crippen molar-refractivity contribution in [1.29, 1.82) is 0 Å². The maximum atomic E-state index is 5.30. The molecule has 0 saturated heterocycles. The van der Waals surface area contributed by atoms with Crippen LogP contribution in [0.5, 0.6) is 0 Å². The van der Waals surface area contributed by atoms with Gasteiger partial charge in [0.1, 0.15) is 0 Å². The van der Waals surface area contributed by atoms with Crippen LogP contribution >= 0.6 is 0 Å². The van der Waals surface area contributed by atoms with Crippen molar-refractivity contribution in [3.63, 3.8) is 0 Å². The van der Waals surface area contributed by atoms with Gasteiger partial charge in [0.05, 0.1) is 5.60 Å². The number of hydrogen-bond acceptors (Lipinski definition) is 1. The Morgan fingerprint density at radius 2 is 2.18 bits per heavy atom. The molecule has 1 aromatic carbocycles. The Hall–Kier alpha value is -0.820. The summed E-state index contributed by atoms with van der Waals surface area (Å²) < 4.78 is 5.30. The molecule has 11 heavy (non-hydrogen) atoms. The average Bonchev–Trinajstić information content (AvgIpc) is 2.06. The number of benzene rings is 1. The highest BCUT2D eigenvalue weighted by atomic mass is 16.5. The molecule has 59 valence electrons. The first-order valence-corrected chi connectivity index (χ1v) is 3.68.